The van der Waals surface area contributed by atoms with Crippen LogP contribution in [0.3, 0.4) is 0 Å². The maximum atomic E-state index is 12.1. The molecule has 2 amide bonds. The van der Waals surface area contributed by atoms with Gasteiger partial charge >= 0.3 is 5.97 Å². The molecular formula is C20H22N2O5. The molecule has 2 aromatic carbocycles. The van der Waals surface area contributed by atoms with Gasteiger partial charge in [0.15, 0.2) is 12.7 Å². The van der Waals surface area contributed by atoms with Crippen LogP contribution in [-0.2, 0) is 14.3 Å². The van der Waals surface area contributed by atoms with Crippen LogP contribution < -0.4 is 15.8 Å². The number of amides is 2. The summed E-state index contributed by atoms with van der Waals surface area (Å²) in [4.78, 5) is 35.0. The molecule has 0 fully saturated rings. The van der Waals surface area contributed by atoms with E-state index in [0.29, 0.717) is 17.0 Å². The van der Waals surface area contributed by atoms with Gasteiger partial charge in [0.05, 0.1) is 0 Å². The lowest BCUT2D eigenvalue weighted by molar-refractivity contribution is -0.155. The number of rotatable bonds is 7. The Balaban J connectivity index is 1.84. The van der Waals surface area contributed by atoms with Crippen LogP contribution >= 0.6 is 0 Å². The maximum absolute atomic E-state index is 12.1. The number of carbonyl (C=O) groups excluding carboxylic acids is 3. The SMILES string of the molecule is Cc1cc(C)cc(OCC(=O)OC(C)C(=O)Nc2ccc(C(N)=O)cc2)c1. The number of ether oxygens (including phenoxy) is 2. The molecule has 0 aromatic heterocycles. The molecule has 0 bridgehead atoms. The summed E-state index contributed by atoms with van der Waals surface area (Å²) in [6.45, 7) is 5.02. The molecule has 0 aliphatic heterocycles. The van der Waals surface area contributed by atoms with E-state index in [1.165, 1.54) is 31.2 Å². The first-order valence-corrected chi connectivity index (χ1v) is 8.36. The summed E-state index contributed by atoms with van der Waals surface area (Å²) in [7, 11) is 0. The van der Waals surface area contributed by atoms with Gasteiger partial charge < -0.3 is 20.5 Å². The Labute approximate surface area is 157 Å². The third-order valence-corrected chi connectivity index (χ3v) is 3.67. The molecule has 7 heteroatoms. The number of nitrogens with one attached hydrogen (secondary N) is 1. The number of hydrogen-bond donors (Lipinski definition) is 2. The highest BCUT2D eigenvalue weighted by atomic mass is 16.6. The predicted molar refractivity (Wildman–Crippen MR) is 101 cm³/mol. The molecule has 0 saturated carbocycles. The summed E-state index contributed by atoms with van der Waals surface area (Å²) < 4.78 is 10.5. The molecular weight excluding hydrogens is 348 g/mol. The van der Waals surface area contributed by atoms with Crippen molar-refractivity contribution < 1.29 is 23.9 Å². The third-order valence-electron chi connectivity index (χ3n) is 3.67. The molecule has 0 radical (unpaired) electrons. The number of hydrogen-bond acceptors (Lipinski definition) is 5. The summed E-state index contributed by atoms with van der Waals surface area (Å²) in [6, 6.07) is 11.7. The highest BCUT2D eigenvalue weighted by molar-refractivity contribution is 5.96. The molecule has 3 N–H and O–H groups in total. The van der Waals surface area contributed by atoms with Gasteiger partial charge in [0, 0.05) is 11.3 Å². The average Bonchev–Trinajstić information content (AvgIpc) is 2.59. The molecule has 27 heavy (non-hydrogen) atoms. The van der Waals surface area contributed by atoms with Crippen LogP contribution in [0.1, 0.15) is 28.4 Å². The Morgan fingerprint density at radius 1 is 1.04 bits per heavy atom. The molecule has 1 atom stereocenters. The van der Waals surface area contributed by atoms with Gasteiger partial charge in [-0.1, -0.05) is 6.07 Å². The van der Waals surface area contributed by atoms with Crippen molar-refractivity contribution in [1.82, 2.24) is 0 Å². The van der Waals surface area contributed by atoms with Crippen molar-refractivity contribution in [3.63, 3.8) is 0 Å². The minimum atomic E-state index is -1.00. The van der Waals surface area contributed by atoms with Crippen LogP contribution in [0.15, 0.2) is 42.5 Å². The van der Waals surface area contributed by atoms with E-state index in [9.17, 15) is 14.4 Å². The van der Waals surface area contributed by atoms with Crippen LogP contribution in [0, 0.1) is 13.8 Å². The fraction of sp³-hybridized carbons (Fsp3) is 0.250. The van der Waals surface area contributed by atoms with Crippen molar-refractivity contribution in [1.29, 1.82) is 0 Å². The van der Waals surface area contributed by atoms with E-state index >= 15 is 0 Å². The second kappa shape index (κ2) is 8.84. The lowest BCUT2D eigenvalue weighted by atomic mass is 10.1. The number of benzene rings is 2. The van der Waals surface area contributed by atoms with Gasteiger partial charge in [-0.25, -0.2) is 4.79 Å². The molecule has 0 spiro atoms. The van der Waals surface area contributed by atoms with Gasteiger partial charge in [0.1, 0.15) is 5.75 Å². The van der Waals surface area contributed by atoms with Gasteiger partial charge in [0.2, 0.25) is 5.91 Å². The first kappa shape index (κ1) is 20.0. The molecule has 0 aliphatic carbocycles. The second-order valence-electron chi connectivity index (χ2n) is 6.18. The molecule has 1 unspecified atom stereocenters. The lowest BCUT2D eigenvalue weighted by Gasteiger charge is -2.14. The Morgan fingerprint density at radius 3 is 2.19 bits per heavy atom. The number of primary amides is 1. The van der Waals surface area contributed by atoms with E-state index in [0.717, 1.165) is 11.1 Å². The Kier molecular flexibility index (Phi) is 6.54. The summed E-state index contributed by atoms with van der Waals surface area (Å²) in [5, 5.41) is 2.59. The Morgan fingerprint density at radius 2 is 1.63 bits per heavy atom. The number of nitrogens with two attached hydrogens (primary N) is 1. The van der Waals surface area contributed by atoms with Crippen molar-refractivity contribution in [3.05, 3.63) is 59.2 Å². The first-order valence-electron chi connectivity index (χ1n) is 8.36. The normalized spacial score (nSPS) is 11.4. The quantitative estimate of drug-likeness (QED) is 0.728. The van der Waals surface area contributed by atoms with E-state index in [4.69, 9.17) is 15.2 Å². The fourth-order valence-electron chi connectivity index (χ4n) is 2.40. The number of esters is 1. The topological polar surface area (TPSA) is 108 Å². The van der Waals surface area contributed by atoms with Gasteiger partial charge in [-0.2, -0.15) is 0 Å². The molecule has 0 aliphatic rings. The number of aryl methyl sites for hydroxylation is 2. The number of anilines is 1. The monoisotopic (exact) mass is 370 g/mol. The van der Waals surface area contributed by atoms with Gasteiger partial charge in [-0.3, -0.25) is 9.59 Å². The van der Waals surface area contributed by atoms with E-state index in [-0.39, 0.29) is 6.61 Å². The summed E-state index contributed by atoms with van der Waals surface area (Å²) in [5.41, 5.74) is 7.99. The van der Waals surface area contributed by atoms with Crippen LogP contribution in [0.2, 0.25) is 0 Å². The van der Waals surface area contributed by atoms with E-state index in [2.05, 4.69) is 5.32 Å². The largest absolute Gasteiger partial charge is 0.482 e. The lowest BCUT2D eigenvalue weighted by Crippen LogP contribution is -2.31. The van der Waals surface area contributed by atoms with Crippen molar-refractivity contribution in [2.45, 2.75) is 26.9 Å². The van der Waals surface area contributed by atoms with Crippen molar-refractivity contribution in [2.75, 3.05) is 11.9 Å². The van der Waals surface area contributed by atoms with Crippen molar-refractivity contribution in [3.8, 4) is 5.75 Å². The molecule has 142 valence electrons. The van der Waals surface area contributed by atoms with E-state index in [1.54, 1.807) is 0 Å². The minimum Gasteiger partial charge on any atom is -0.482 e. The zero-order valence-electron chi connectivity index (χ0n) is 15.4. The third kappa shape index (κ3) is 6.14. The zero-order chi connectivity index (χ0) is 20.0. The zero-order valence-corrected chi connectivity index (χ0v) is 15.4. The number of carbonyl (C=O) groups is 3. The maximum Gasteiger partial charge on any atom is 0.344 e. The van der Waals surface area contributed by atoms with Crippen LogP contribution in [0.25, 0.3) is 0 Å². The molecule has 2 aromatic rings. The highest BCUT2D eigenvalue weighted by Crippen LogP contribution is 2.16. The van der Waals surface area contributed by atoms with Crippen LogP contribution in [-0.4, -0.2) is 30.5 Å². The molecule has 0 saturated heterocycles. The van der Waals surface area contributed by atoms with Gasteiger partial charge in [0.25, 0.3) is 5.91 Å². The van der Waals surface area contributed by atoms with E-state index in [1.807, 2.05) is 32.0 Å². The predicted octanol–water partition coefficient (Wildman–Crippen LogP) is 2.35. The molecule has 2 rings (SSSR count). The van der Waals surface area contributed by atoms with Crippen molar-refractivity contribution >= 4 is 23.5 Å². The minimum absolute atomic E-state index is 0.298. The molecule has 7 nitrogen and oxygen atoms in total. The van der Waals surface area contributed by atoms with Crippen LogP contribution in [0.5, 0.6) is 5.75 Å². The van der Waals surface area contributed by atoms with Crippen LogP contribution in [0.4, 0.5) is 5.69 Å². The summed E-state index contributed by atoms with van der Waals surface area (Å²) in [6.07, 6.45) is -1.00. The molecule has 0 heterocycles. The van der Waals surface area contributed by atoms with Gasteiger partial charge in [-0.15, -0.1) is 0 Å². The van der Waals surface area contributed by atoms with Gasteiger partial charge in [-0.05, 0) is 68.3 Å². The second-order valence-corrected chi connectivity index (χ2v) is 6.18. The summed E-state index contributed by atoms with van der Waals surface area (Å²) >= 11 is 0. The first-order chi connectivity index (χ1) is 12.7. The highest BCUT2D eigenvalue weighted by Gasteiger charge is 2.18. The summed E-state index contributed by atoms with van der Waals surface area (Å²) in [5.74, 6) is -1.14. The smallest absolute Gasteiger partial charge is 0.344 e. The standard InChI is InChI=1S/C20H22N2O5/c1-12-8-13(2)10-17(9-12)26-11-18(23)27-14(3)20(25)22-16-6-4-15(5-7-16)19(21)24/h4-10,14H,11H2,1-3H3,(H2,21,24)(H,22,25). The fourth-order valence-corrected chi connectivity index (χ4v) is 2.40. The van der Waals surface area contributed by atoms with E-state index < -0.39 is 23.9 Å². The Hall–Kier alpha value is -3.35. The van der Waals surface area contributed by atoms with Crippen molar-refractivity contribution in [2.24, 2.45) is 5.73 Å². The average molecular weight is 370 g/mol. The Bertz CT molecular complexity index is 826.